The second-order valence-electron chi connectivity index (χ2n) is 3.44. The fourth-order valence-corrected chi connectivity index (χ4v) is 1.60. The molecule has 1 aliphatic heterocycles. The third-order valence-electron chi connectivity index (χ3n) is 2.36. The molecule has 1 saturated heterocycles. The van der Waals surface area contributed by atoms with Crippen molar-refractivity contribution in [2.24, 2.45) is 0 Å². The molecule has 1 amide bonds. The fraction of sp³-hybridized carbons (Fsp3) is 0.400. The maximum Gasteiger partial charge on any atom is 0.255 e. The largest absolute Gasteiger partial charge is 0.391 e. The van der Waals surface area contributed by atoms with Crippen molar-refractivity contribution in [3.8, 4) is 0 Å². The predicted molar refractivity (Wildman–Crippen MR) is 50.8 cm³/mol. The number of aliphatic hydroxyl groups is 1. The van der Waals surface area contributed by atoms with Gasteiger partial charge in [-0.1, -0.05) is 0 Å². The van der Waals surface area contributed by atoms with Gasteiger partial charge in [-0.15, -0.1) is 0 Å². The highest BCUT2D eigenvalue weighted by atomic mass is 16.3. The van der Waals surface area contributed by atoms with Gasteiger partial charge in [0.2, 0.25) is 0 Å². The Hall–Kier alpha value is -1.42. The van der Waals surface area contributed by atoms with E-state index in [1.165, 1.54) is 0 Å². The van der Waals surface area contributed by atoms with E-state index in [0.29, 0.717) is 25.1 Å². The minimum atomic E-state index is -0.365. The number of aromatic nitrogens is 1. The van der Waals surface area contributed by atoms with Crippen LogP contribution in [-0.2, 0) is 0 Å². The molecule has 2 rings (SSSR count). The third kappa shape index (κ3) is 1.75. The van der Waals surface area contributed by atoms with Crippen LogP contribution in [0.25, 0.3) is 0 Å². The van der Waals surface area contributed by atoms with E-state index in [2.05, 4.69) is 4.98 Å². The summed E-state index contributed by atoms with van der Waals surface area (Å²) in [5.41, 5.74) is 0.585. The Labute approximate surface area is 82.2 Å². The monoisotopic (exact) mass is 192 g/mol. The molecule has 0 aromatic carbocycles. The lowest BCUT2D eigenvalue weighted by Crippen LogP contribution is -2.29. The molecule has 1 fully saturated rings. The van der Waals surface area contributed by atoms with E-state index in [4.69, 9.17) is 0 Å². The number of rotatable bonds is 1. The summed E-state index contributed by atoms with van der Waals surface area (Å²) in [6.07, 6.45) is 3.49. The Kier molecular flexibility index (Phi) is 2.45. The van der Waals surface area contributed by atoms with Crippen molar-refractivity contribution < 1.29 is 9.90 Å². The molecule has 0 bridgehead atoms. The topological polar surface area (TPSA) is 53.4 Å². The number of carbonyl (C=O) groups is 1. The van der Waals surface area contributed by atoms with Gasteiger partial charge in [0, 0.05) is 25.5 Å². The molecule has 0 spiro atoms. The van der Waals surface area contributed by atoms with Gasteiger partial charge < -0.3 is 10.0 Å². The van der Waals surface area contributed by atoms with Crippen LogP contribution in [0, 0.1) is 0 Å². The third-order valence-corrected chi connectivity index (χ3v) is 2.36. The average molecular weight is 192 g/mol. The van der Waals surface area contributed by atoms with E-state index in [1.54, 1.807) is 29.4 Å². The van der Waals surface area contributed by atoms with Crippen molar-refractivity contribution in [3.05, 3.63) is 30.1 Å². The van der Waals surface area contributed by atoms with Crippen LogP contribution in [0.4, 0.5) is 0 Å². The van der Waals surface area contributed by atoms with Crippen LogP contribution in [0.15, 0.2) is 24.5 Å². The van der Waals surface area contributed by atoms with Gasteiger partial charge >= 0.3 is 0 Å². The summed E-state index contributed by atoms with van der Waals surface area (Å²) in [6, 6.07) is 3.47. The van der Waals surface area contributed by atoms with E-state index >= 15 is 0 Å². The summed E-state index contributed by atoms with van der Waals surface area (Å²) >= 11 is 0. The zero-order valence-corrected chi connectivity index (χ0v) is 7.76. The molecule has 74 valence electrons. The molecule has 4 nitrogen and oxygen atoms in total. The minimum Gasteiger partial charge on any atom is -0.391 e. The molecule has 0 saturated carbocycles. The van der Waals surface area contributed by atoms with Crippen molar-refractivity contribution in [3.63, 3.8) is 0 Å². The van der Waals surface area contributed by atoms with Crippen LogP contribution in [0.5, 0.6) is 0 Å². The van der Waals surface area contributed by atoms with Crippen LogP contribution in [0.3, 0.4) is 0 Å². The Balaban J connectivity index is 2.10. The van der Waals surface area contributed by atoms with Crippen molar-refractivity contribution >= 4 is 5.91 Å². The van der Waals surface area contributed by atoms with Crippen LogP contribution >= 0.6 is 0 Å². The van der Waals surface area contributed by atoms with Gasteiger partial charge in [-0.2, -0.15) is 0 Å². The fourth-order valence-electron chi connectivity index (χ4n) is 1.60. The molecule has 1 N–H and O–H groups in total. The first-order chi connectivity index (χ1) is 6.77. The lowest BCUT2D eigenvalue weighted by atomic mass is 10.2. The Morgan fingerprint density at radius 3 is 3.07 bits per heavy atom. The number of β-amino-alcohol motifs (C(OH)–C–C–N with tert-alkyl or cyclic N) is 1. The van der Waals surface area contributed by atoms with Gasteiger partial charge in [-0.3, -0.25) is 9.78 Å². The molecule has 0 aliphatic carbocycles. The molecule has 1 unspecified atom stereocenters. The molecule has 14 heavy (non-hydrogen) atoms. The lowest BCUT2D eigenvalue weighted by molar-refractivity contribution is 0.0764. The van der Waals surface area contributed by atoms with E-state index in [1.807, 2.05) is 0 Å². The second kappa shape index (κ2) is 3.75. The number of hydrogen-bond acceptors (Lipinski definition) is 3. The highest BCUT2D eigenvalue weighted by Crippen LogP contribution is 2.12. The van der Waals surface area contributed by atoms with E-state index in [0.717, 1.165) is 0 Å². The molecule has 4 heteroatoms. The number of carbonyl (C=O) groups excluding carboxylic acids is 1. The Morgan fingerprint density at radius 2 is 2.50 bits per heavy atom. The first-order valence-corrected chi connectivity index (χ1v) is 4.65. The summed E-state index contributed by atoms with van der Waals surface area (Å²) < 4.78 is 0. The number of amides is 1. The first kappa shape index (κ1) is 9.15. The number of pyridine rings is 1. The Bertz CT molecular complexity index is 326. The Morgan fingerprint density at radius 1 is 1.64 bits per heavy atom. The lowest BCUT2D eigenvalue weighted by Gasteiger charge is -2.14. The summed E-state index contributed by atoms with van der Waals surface area (Å²) in [4.78, 5) is 17.3. The predicted octanol–water partition coefficient (Wildman–Crippen LogP) is 0.288. The molecular weight excluding hydrogens is 180 g/mol. The molecular formula is C10H12N2O2. The van der Waals surface area contributed by atoms with E-state index in [-0.39, 0.29) is 12.0 Å². The highest BCUT2D eigenvalue weighted by Gasteiger charge is 2.25. The maximum atomic E-state index is 11.8. The zero-order valence-electron chi connectivity index (χ0n) is 7.76. The van der Waals surface area contributed by atoms with Crippen molar-refractivity contribution in [1.29, 1.82) is 0 Å². The number of nitrogens with zero attached hydrogens (tertiary/aromatic N) is 2. The minimum absolute atomic E-state index is 0.0466. The number of hydrogen-bond donors (Lipinski definition) is 1. The van der Waals surface area contributed by atoms with Gasteiger partial charge in [0.1, 0.15) is 0 Å². The number of likely N-dealkylation sites (tertiary alicyclic amines) is 1. The molecule has 2 heterocycles. The molecule has 1 aromatic heterocycles. The second-order valence-corrected chi connectivity index (χ2v) is 3.44. The summed E-state index contributed by atoms with van der Waals surface area (Å²) in [5, 5.41) is 9.29. The standard InChI is InChI=1S/C10H12N2O2/c13-9-3-5-12(7-9)10(14)8-2-1-4-11-6-8/h1-2,4,6,9,13H,3,5,7H2. The van der Waals surface area contributed by atoms with Gasteiger partial charge in [-0.05, 0) is 18.6 Å². The SMILES string of the molecule is O=C(c1cccnc1)N1CCC(O)C1. The molecule has 1 aliphatic rings. The zero-order chi connectivity index (χ0) is 9.97. The van der Waals surface area contributed by atoms with Crippen LogP contribution < -0.4 is 0 Å². The smallest absolute Gasteiger partial charge is 0.255 e. The average Bonchev–Trinajstić information content (AvgIpc) is 2.65. The molecule has 0 radical (unpaired) electrons. The summed E-state index contributed by atoms with van der Waals surface area (Å²) in [5.74, 6) is -0.0466. The first-order valence-electron chi connectivity index (χ1n) is 4.65. The van der Waals surface area contributed by atoms with Crippen LogP contribution in [0.2, 0.25) is 0 Å². The van der Waals surface area contributed by atoms with Crippen LogP contribution in [-0.4, -0.2) is 40.1 Å². The highest BCUT2D eigenvalue weighted by molar-refractivity contribution is 5.94. The summed E-state index contributed by atoms with van der Waals surface area (Å²) in [7, 11) is 0. The van der Waals surface area contributed by atoms with Crippen molar-refractivity contribution in [2.45, 2.75) is 12.5 Å². The van der Waals surface area contributed by atoms with E-state index < -0.39 is 0 Å². The van der Waals surface area contributed by atoms with Gasteiger partial charge in [0.05, 0.1) is 11.7 Å². The molecule has 1 atom stereocenters. The van der Waals surface area contributed by atoms with Gasteiger partial charge in [0.25, 0.3) is 5.91 Å². The normalized spacial score (nSPS) is 21.2. The van der Waals surface area contributed by atoms with Crippen molar-refractivity contribution in [2.75, 3.05) is 13.1 Å². The summed E-state index contributed by atoms with van der Waals surface area (Å²) in [6.45, 7) is 1.07. The molecule has 1 aromatic rings. The quantitative estimate of drug-likeness (QED) is 0.695. The van der Waals surface area contributed by atoms with Crippen LogP contribution in [0.1, 0.15) is 16.8 Å². The number of aliphatic hydroxyl groups excluding tert-OH is 1. The van der Waals surface area contributed by atoms with Gasteiger partial charge in [0.15, 0.2) is 0 Å². The van der Waals surface area contributed by atoms with E-state index in [9.17, 15) is 9.90 Å². The maximum absolute atomic E-state index is 11.8. The van der Waals surface area contributed by atoms with Crippen molar-refractivity contribution in [1.82, 2.24) is 9.88 Å². The van der Waals surface area contributed by atoms with Gasteiger partial charge in [-0.25, -0.2) is 0 Å².